The third-order valence-corrected chi connectivity index (χ3v) is 6.32. The zero-order valence-electron chi connectivity index (χ0n) is 15.7. The van der Waals surface area contributed by atoms with Crippen LogP contribution in [0, 0.1) is 0 Å². The summed E-state index contributed by atoms with van der Waals surface area (Å²) in [5.41, 5.74) is 0.588. The molecule has 2 aliphatic heterocycles. The lowest BCUT2D eigenvalue weighted by atomic mass is 10.2. The number of thioether (sulfide) groups is 1. The number of esters is 1. The van der Waals surface area contributed by atoms with Crippen LogP contribution in [0.2, 0.25) is 0 Å². The van der Waals surface area contributed by atoms with Gasteiger partial charge in [-0.05, 0) is 51.5 Å². The number of hydrogen-bond acceptors (Lipinski definition) is 6. The Morgan fingerprint density at radius 2 is 2.07 bits per heavy atom. The van der Waals surface area contributed by atoms with Gasteiger partial charge in [0, 0.05) is 17.9 Å². The molecule has 146 valence electrons. The minimum Gasteiger partial charge on any atom is -0.494 e. The number of hydrogen-bond donors (Lipinski definition) is 1. The number of anilines is 1. The molecule has 2 fully saturated rings. The van der Waals surface area contributed by atoms with Crippen molar-refractivity contribution in [3.63, 3.8) is 0 Å². The van der Waals surface area contributed by atoms with E-state index in [1.54, 1.807) is 40.9 Å². The number of carbonyl (C=O) groups excluding carboxylic acids is 3. The fourth-order valence-electron chi connectivity index (χ4n) is 3.35. The average Bonchev–Trinajstić information content (AvgIpc) is 3.13. The SMILES string of the molecule is CCOc1ccc(NC(=O)[C@@H](C)OC(=O)[C@H]2CS[C@@]3(C)CCC(=O)N23)cc1. The first-order valence-electron chi connectivity index (χ1n) is 9.04. The van der Waals surface area contributed by atoms with Crippen LogP contribution in [0.1, 0.15) is 33.6 Å². The van der Waals surface area contributed by atoms with Gasteiger partial charge in [-0.25, -0.2) is 4.79 Å². The molecule has 27 heavy (non-hydrogen) atoms. The van der Waals surface area contributed by atoms with E-state index in [-0.39, 0.29) is 10.8 Å². The van der Waals surface area contributed by atoms with Gasteiger partial charge in [0.25, 0.3) is 5.91 Å². The summed E-state index contributed by atoms with van der Waals surface area (Å²) in [7, 11) is 0. The number of amides is 2. The molecule has 2 aliphatic rings. The summed E-state index contributed by atoms with van der Waals surface area (Å²) in [6, 6.07) is 6.32. The lowest BCUT2D eigenvalue weighted by molar-refractivity contribution is -0.160. The normalized spacial score (nSPS) is 25.1. The summed E-state index contributed by atoms with van der Waals surface area (Å²) in [6.07, 6.45) is 0.216. The summed E-state index contributed by atoms with van der Waals surface area (Å²) >= 11 is 1.59. The number of carbonyl (C=O) groups is 3. The van der Waals surface area contributed by atoms with Crippen LogP contribution in [0.15, 0.2) is 24.3 Å². The number of fused-ring (bicyclic) bond motifs is 1. The Balaban J connectivity index is 1.56. The highest BCUT2D eigenvalue weighted by atomic mass is 32.2. The summed E-state index contributed by atoms with van der Waals surface area (Å²) in [4.78, 5) is 38.3. The van der Waals surface area contributed by atoms with Gasteiger partial charge in [0.15, 0.2) is 6.10 Å². The second-order valence-corrected chi connectivity index (χ2v) is 8.29. The molecule has 0 aliphatic carbocycles. The molecule has 2 heterocycles. The van der Waals surface area contributed by atoms with Crippen molar-refractivity contribution in [2.24, 2.45) is 0 Å². The Hall–Kier alpha value is -2.22. The Kier molecular flexibility index (Phi) is 5.64. The van der Waals surface area contributed by atoms with Crippen molar-refractivity contribution in [3.05, 3.63) is 24.3 Å². The van der Waals surface area contributed by atoms with E-state index in [0.717, 1.165) is 6.42 Å². The van der Waals surface area contributed by atoms with Gasteiger partial charge in [0.1, 0.15) is 11.8 Å². The molecular formula is C19H24N2O5S. The van der Waals surface area contributed by atoms with Crippen molar-refractivity contribution >= 4 is 35.2 Å². The molecule has 2 saturated heterocycles. The molecule has 7 nitrogen and oxygen atoms in total. The number of benzene rings is 1. The van der Waals surface area contributed by atoms with Crippen molar-refractivity contribution in [3.8, 4) is 5.75 Å². The lowest BCUT2D eigenvalue weighted by Crippen LogP contribution is -2.48. The molecule has 0 bridgehead atoms. The topological polar surface area (TPSA) is 84.9 Å². The van der Waals surface area contributed by atoms with Crippen LogP contribution in [0.3, 0.4) is 0 Å². The fraction of sp³-hybridized carbons (Fsp3) is 0.526. The zero-order chi connectivity index (χ0) is 19.6. The third-order valence-electron chi connectivity index (χ3n) is 4.81. The van der Waals surface area contributed by atoms with Crippen LogP contribution in [0.25, 0.3) is 0 Å². The molecule has 0 radical (unpaired) electrons. The van der Waals surface area contributed by atoms with Gasteiger partial charge in [0.05, 0.1) is 11.5 Å². The van der Waals surface area contributed by atoms with E-state index in [4.69, 9.17) is 9.47 Å². The predicted molar refractivity (Wildman–Crippen MR) is 103 cm³/mol. The standard InChI is InChI=1S/C19H24N2O5S/c1-4-25-14-7-5-13(6-8-14)20-17(23)12(2)26-18(24)15-11-27-19(3)10-9-16(22)21(15)19/h5-8,12,15H,4,9-11H2,1-3H3,(H,20,23)/t12-,15-,19+/m1/s1. The maximum absolute atomic E-state index is 12.5. The van der Waals surface area contributed by atoms with Crippen LogP contribution in [0.5, 0.6) is 5.75 Å². The van der Waals surface area contributed by atoms with Gasteiger partial charge in [-0.2, -0.15) is 0 Å². The Morgan fingerprint density at radius 3 is 2.74 bits per heavy atom. The van der Waals surface area contributed by atoms with E-state index in [1.165, 1.54) is 6.92 Å². The average molecular weight is 392 g/mol. The summed E-state index contributed by atoms with van der Waals surface area (Å²) in [6.45, 7) is 5.95. The fourth-order valence-corrected chi connectivity index (χ4v) is 4.76. The molecule has 0 saturated carbocycles. The van der Waals surface area contributed by atoms with E-state index >= 15 is 0 Å². The largest absolute Gasteiger partial charge is 0.494 e. The zero-order valence-corrected chi connectivity index (χ0v) is 16.5. The highest BCUT2D eigenvalue weighted by Gasteiger charge is 2.53. The minimum absolute atomic E-state index is 0.0315. The van der Waals surface area contributed by atoms with Crippen LogP contribution in [0.4, 0.5) is 5.69 Å². The van der Waals surface area contributed by atoms with Gasteiger partial charge < -0.3 is 19.7 Å². The van der Waals surface area contributed by atoms with Crippen molar-refractivity contribution in [1.82, 2.24) is 4.90 Å². The number of ether oxygens (including phenoxy) is 2. The maximum atomic E-state index is 12.5. The molecule has 8 heteroatoms. The second kappa shape index (κ2) is 7.80. The van der Waals surface area contributed by atoms with E-state index < -0.39 is 24.0 Å². The molecular weight excluding hydrogens is 368 g/mol. The molecule has 3 rings (SSSR count). The van der Waals surface area contributed by atoms with Crippen LogP contribution in [-0.4, -0.2) is 52.1 Å². The van der Waals surface area contributed by atoms with Crippen molar-refractivity contribution in [2.45, 2.75) is 50.6 Å². The van der Waals surface area contributed by atoms with Gasteiger partial charge in [-0.1, -0.05) is 0 Å². The van der Waals surface area contributed by atoms with E-state index in [2.05, 4.69) is 5.32 Å². The maximum Gasteiger partial charge on any atom is 0.330 e. The van der Waals surface area contributed by atoms with Gasteiger partial charge in [-0.3, -0.25) is 9.59 Å². The third kappa shape index (κ3) is 4.05. The molecule has 1 N–H and O–H groups in total. The minimum atomic E-state index is -0.960. The summed E-state index contributed by atoms with van der Waals surface area (Å²) < 4.78 is 10.7. The Bertz CT molecular complexity index is 738. The summed E-state index contributed by atoms with van der Waals surface area (Å²) in [5, 5.41) is 2.71. The van der Waals surface area contributed by atoms with Crippen molar-refractivity contribution in [2.75, 3.05) is 17.7 Å². The van der Waals surface area contributed by atoms with Crippen LogP contribution in [-0.2, 0) is 19.1 Å². The molecule has 2 amide bonds. The Morgan fingerprint density at radius 1 is 1.37 bits per heavy atom. The molecule has 1 aromatic carbocycles. The van der Waals surface area contributed by atoms with Crippen LogP contribution < -0.4 is 10.1 Å². The molecule has 3 atom stereocenters. The quantitative estimate of drug-likeness (QED) is 0.749. The number of nitrogens with one attached hydrogen (secondary N) is 1. The number of rotatable bonds is 6. The van der Waals surface area contributed by atoms with E-state index in [0.29, 0.717) is 30.2 Å². The molecule has 0 aromatic heterocycles. The molecule has 0 spiro atoms. The van der Waals surface area contributed by atoms with Crippen molar-refractivity contribution in [1.29, 1.82) is 0 Å². The predicted octanol–water partition coefficient (Wildman–Crippen LogP) is 2.41. The van der Waals surface area contributed by atoms with Crippen LogP contribution >= 0.6 is 11.8 Å². The van der Waals surface area contributed by atoms with Gasteiger partial charge >= 0.3 is 5.97 Å². The number of nitrogens with zero attached hydrogens (tertiary/aromatic N) is 1. The second-order valence-electron chi connectivity index (χ2n) is 6.79. The molecule has 1 aromatic rings. The highest BCUT2D eigenvalue weighted by molar-refractivity contribution is 8.01. The lowest BCUT2D eigenvalue weighted by Gasteiger charge is -2.29. The first-order valence-corrected chi connectivity index (χ1v) is 10.0. The summed E-state index contributed by atoms with van der Waals surface area (Å²) in [5.74, 6) is 0.223. The highest BCUT2D eigenvalue weighted by Crippen LogP contribution is 2.47. The van der Waals surface area contributed by atoms with Gasteiger partial charge in [0.2, 0.25) is 5.91 Å². The monoisotopic (exact) mass is 392 g/mol. The first kappa shape index (κ1) is 19.5. The van der Waals surface area contributed by atoms with Crippen molar-refractivity contribution < 1.29 is 23.9 Å². The van der Waals surface area contributed by atoms with E-state index in [9.17, 15) is 14.4 Å². The smallest absolute Gasteiger partial charge is 0.330 e. The Labute approximate surface area is 162 Å². The van der Waals surface area contributed by atoms with Gasteiger partial charge in [-0.15, -0.1) is 11.8 Å². The molecule has 0 unspecified atom stereocenters. The van der Waals surface area contributed by atoms with E-state index in [1.807, 2.05) is 13.8 Å². The first-order chi connectivity index (χ1) is 12.8.